The summed E-state index contributed by atoms with van der Waals surface area (Å²) < 4.78 is 5.92. The fourth-order valence-electron chi connectivity index (χ4n) is 3.89. The van der Waals surface area contributed by atoms with Crippen molar-refractivity contribution in [2.45, 2.75) is 31.8 Å². The number of rotatable bonds is 3. The van der Waals surface area contributed by atoms with Crippen molar-refractivity contribution in [2.24, 2.45) is 0 Å². The van der Waals surface area contributed by atoms with Crippen LogP contribution in [0.25, 0.3) is 0 Å². The highest BCUT2D eigenvalue weighted by atomic mass is 16.5. The second-order valence-corrected chi connectivity index (χ2v) is 6.88. The van der Waals surface area contributed by atoms with E-state index in [1.807, 2.05) is 41.3 Å². The predicted octanol–water partition coefficient (Wildman–Crippen LogP) is 3.18. The lowest BCUT2D eigenvalue weighted by atomic mass is 10.1. The van der Waals surface area contributed by atoms with Crippen LogP contribution in [0.15, 0.2) is 48.8 Å². The number of pyridine rings is 1. The molecule has 2 aliphatic heterocycles. The van der Waals surface area contributed by atoms with Crippen LogP contribution in [0, 0.1) is 0 Å². The topological polar surface area (TPSA) is 45.7 Å². The van der Waals surface area contributed by atoms with Gasteiger partial charge in [0.1, 0.15) is 11.5 Å². The van der Waals surface area contributed by atoms with Gasteiger partial charge in [0, 0.05) is 31.4 Å². The SMILES string of the molecule is C[C@H]1CN2CCC[C@H]2CN1C(=O)c1ccccc1Oc1cccnc1. The number of para-hydroxylation sites is 1. The van der Waals surface area contributed by atoms with Crippen LogP contribution in [0.1, 0.15) is 30.1 Å². The normalized spacial score (nSPS) is 23.3. The predicted molar refractivity (Wildman–Crippen MR) is 95.8 cm³/mol. The molecule has 130 valence electrons. The second-order valence-electron chi connectivity index (χ2n) is 6.88. The first-order valence-corrected chi connectivity index (χ1v) is 8.94. The van der Waals surface area contributed by atoms with Crippen molar-refractivity contribution >= 4 is 5.91 Å². The van der Waals surface area contributed by atoms with Crippen LogP contribution >= 0.6 is 0 Å². The summed E-state index contributed by atoms with van der Waals surface area (Å²) in [6, 6.07) is 11.9. The van der Waals surface area contributed by atoms with Gasteiger partial charge in [0.05, 0.1) is 11.8 Å². The summed E-state index contributed by atoms with van der Waals surface area (Å²) in [7, 11) is 0. The van der Waals surface area contributed by atoms with Gasteiger partial charge in [0.15, 0.2) is 0 Å². The molecule has 0 radical (unpaired) electrons. The molecule has 1 amide bonds. The molecule has 2 atom stereocenters. The van der Waals surface area contributed by atoms with Crippen LogP contribution in [0.2, 0.25) is 0 Å². The van der Waals surface area contributed by atoms with Gasteiger partial charge >= 0.3 is 0 Å². The minimum absolute atomic E-state index is 0.0542. The summed E-state index contributed by atoms with van der Waals surface area (Å²) >= 11 is 0. The molecule has 3 heterocycles. The standard InChI is InChI=1S/C20H23N3O2/c1-15-13-22-11-5-6-16(22)14-23(15)20(24)18-8-2-3-9-19(18)25-17-7-4-10-21-12-17/h2-4,7-10,12,15-16H,5-6,11,13-14H2,1H3/t15-,16-/m0/s1. The quantitative estimate of drug-likeness (QED) is 0.863. The lowest BCUT2D eigenvalue weighted by Crippen LogP contribution is -2.56. The van der Waals surface area contributed by atoms with E-state index in [4.69, 9.17) is 4.74 Å². The summed E-state index contributed by atoms with van der Waals surface area (Å²) in [6.07, 6.45) is 5.78. The Hall–Kier alpha value is -2.40. The van der Waals surface area contributed by atoms with Crippen LogP contribution in [-0.2, 0) is 0 Å². The highest BCUT2D eigenvalue weighted by Gasteiger charge is 2.37. The number of benzene rings is 1. The van der Waals surface area contributed by atoms with Gasteiger partial charge in [-0.3, -0.25) is 14.7 Å². The Kier molecular flexibility index (Phi) is 4.40. The van der Waals surface area contributed by atoms with Crippen LogP contribution < -0.4 is 4.74 Å². The number of carbonyl (C=O) groups excluding carboxylic acids is 1. The number of nitrogens with zero attached hydrogens (tertiary/aromatic N) is 3. The Bertz CT molecular complexity index is 750. The Labute approximate surface area is 148 Å². The fourth-order valence-corrected chi connectivity index (χ4v) is 3.89. The van der Waals surface area contributed by atoms with E-state index < -0.39 is 0 Å². The van der Waals surface area contributed by atoms with Crippen molar-refractivity contribution < 1.29 is 9.53 Å². The first kappa shape index (κ1) is 16.1. The maximum absolute atomic E-state index is 13.2. The molecular formula is C20H23N3O2. The molecule has 1 aromatic carbocycles. The van der Waals surface area contributed by atoms with Gasteiger partial charge in [-0.2, -0.15) is 0 Å². The molecule has 2 aromatic rings. The van der Waals surface area contributed by atoms with Crippen molar-refractivity contribution in [2.75, 3.05) is 19.6 Å². The lowest BCUT2D eigenvalue weighted by Gasteiger charge is -2.42. The molecule has 2 saturated heterocycles. The third-order valence-corrected chi connectivity index (χ3v) is 5.18. The van der Waals surface area contributed by atoms with E-state index >= 15 is 0 Å². The molecule has 4 rings (SSSR count). The van der Waals surface area contributed by atoms with E-state index in [1.54, 1.807) is 12.4 Å². The lowest BCUT2D eigenvalue weighted by molar-refractivity contribution is 0.0393. The van der Waals surface area contributed by atoms with Gasteiger partial charge in [-0.15, -0.1) is 0 Å². The molecule has 5 nitrogen and oxygen atoms in total. The Morgan fingerprint density at radius 1 is 1.20 bits per heavy atom. The van der Waals surface area contributed by atoms with Crippen molar-refractivity contribution in [1.29, 1.82) is 0 Å². The average Bonchev–Trinajstić information content (AvgIpc) is 3.09. The van der Waals surface area contributed by atoms with E-state index in [-0.39, 0.29) is 11.9 Å². The molecule has 25 heavy (non-hydrogen) atoms. The monoisotopic (exact) mass is 337 g/mol. The third kappa shape index (κ3) is 3.24. The minimum atomic E-state index is 0.0542. The average molecular weight is 337 g/mol. The van der Waals surface area contributed by atoms with E-state index in [1.165, 1.54) is 12.8 Å². The Morgan fingerprint density at radius 2 is 2.08 bits per heavy atom. The van der Waals surface area contributed by atoms with Gasteiger partial charge < -0.3 is 9.64 Å². The number of carbonyl (C=O) groups is 1. The molecular weight excluding hydrogens is 314 g/mol. The van der Waals surface area contributed by atoms with Crippen LogP contribution in [0.5, 0.6) is 11.5 Å². The van der Waals surface area contributed by atoms with Gasteiger partial charge in [0.2, 0.25) is 0 Å². The summed E-state index contributed by atoms with van der Waals surface area (Å²) in [5.74, 6) is 1.27. The van der Waals surface area contributed by atoms with Crippen molar-refractivity contribution in [1.82, 2.24) is 14.8 Å². The van der Waals surface area contributed by atoms with E-state index in [2.05, 4.69) is 16.8 Å². The maximum Gasteiger partial charge on any atom is 0.257 e. The highest BCUT2D eigenvalue weighted by Crippen LogP contribution is 2.29. The molecule has 1 aromatic heterocycles. The molecule has 2 aliphatic rings. The molecule has 2 fully saturated rings. The Balaban J connectivity index is 1.58. The number of amides is 1. The van der Waals surface area contributed by atoms with E-state index in [0.29, 0.717) is 23.1 Å². The van der Waals surface area contributed by atoms with Gasteiger partial charge in [-0.25, -0.2) is 0 Å². The first-order valence-electron chi connectivity index (χ1n) is 8.94. The molecule has 0 spiro atoms. The van der Waals surface area contributed by atoms with Crippen molar-refractivity contribution in [3.05, 3.63) is 54.4 Å². The van der Waals surface area contributed by atoms with Crippen molar-refractivity contribution in [3.8, 4) is 11.5 Å². The number of aromatic nitrogens is 1. The minimum Gasteiger partial charge on any atom is -0.455 e. The Morgan fingerprint density at radius 3 is 2.92 bits per heavy atom. The third-order valence-electron chi connectivity index (χ3n) is 5.18. The molecule has 0 aliphatic carbocycles. The van der Waals surface area contributed by atoms with Crippen molar-refractivity contribution in [3.63, 3.8) is 0 Å². The highest BCUT2D eigenvalue weighted by molar-refractivity contribution is 5.97. The molecule has 0 N–H and O–H groups in total. The summed E-state index contributed by atoms with van der Waals surface area (Å²) in [5.41, 5.74) is 0.615. The van der Waals surface area contributed by atoms with Crippen LogP contribution in [0.4, 0.5) is 0 Å². The van der Waals surface area contributed by atoms with Crippen LogP contribution in [0.3, 0.4) is 0 Å². The number of piperazine rings is 1. The van der Waals surface area contributed by atoms with Gasteiger partial charge in [-0.05, 0) is 50.6 Å². The number of ether oxygens (including phenoxy) is 1. The summed E-state index contributed by atoms with van der Waals surface area (Å²) in [5, 5.41) is 0. The maximum atomic E-state index is 13.2. The summed E-state index contributed by atoms with van der Waals surface area (Å²) in [6.45, 7) is 5.07. The zero-order valence-corrected chi connectivity index (χ0v) is 14.5. The molecule has 0 unspecified atom stereocenters. The largest absolute Gasteiger partial charge is 0.455 e. The second kappa shape index (κ2) is 6.84. The molecule has 5 heteroatoms. The fraction of sp³-hybridized carbons (Fsp3) is 0.400. The number of hydrogen-bond donors (Lipinski definition) is 0. The molecule has 0 bridgehead atoms. The smallest absolute Gasteiger partial charge is 0.257 e. The van der Waals surface area contributed by atoms with Gasteiger partial charge in [-0.1, -0.05) is 12.1 Å². The zero-order valence-electron chi connectivity index (χ0n) is 14.5. The van der Waals surface area contributed by atoms with Crippen LogP contribution in [-0.4, -0.2) is 52.4 Å². The van der Waals surface area contributed by atoms with E-state index in [0.717, 1.165) is 19.6 Å². The molecule has 0 saturated carbocycles. The van der Waals surface area contributed by atoms with Gasteiger partial charge in [0.25, 0.3) is 5.91 Å². The summed E-state index contributed by atoms with van der Waals surface area (Å²) in [4.78, 5) is 21.8. The number of fused-ring (bicyclic) bond motifs is 1. The van der Waals surface area contributed by atoms with E-state index in [9.17, 15) is 4.79 Å². The number of hydrogen-bond acceptors (Lipinski definition) is 4. The zero-order chi connectivity index (χ0) is 17.2. The first-order chi connectivity index (χ1) is 12.2.